The van der Waals surface area contributed by atoms with Gasteiger partial charge in [0.15, 0.2) is 6.23 Å². The number of alkyl carbamates (subject to hydrolysis) is 1. The molecule has 1 fully saturated rings. The van der Waals surface area contributed by atoms with Crippen molar-refractivity contribution in [3.05, 3.63) is 35.9 Å². The molecule has 6 atom stereocenters. The van der Waals surface area contributed by atoms with E-state index in [9.17, 15) is 29.7 Å². The maximum Gasteiger partial charge on any atom is 0.408 e. The maximum atomic E-state index is 14.0. The summed E-state index contributed by atoms with van der Waals surface area (Å²) >= 11 is 0. The zero-order chi connectivity index (χ0) is 41.0. The number of aliphatic hydroxyl groups is 3. The zero-order valence-corrected chi connectivity index (χ0v) is 35.4. The highest BCUT2D eigenvalue weighted by Crippen LogP contribution is 2.26. The molecule has 1 aromatic carbocycles. The van der Waals surface area contributed by atoms with Crippen LogP contribution in [0.1, 0.15) is 175 Å². The number of nitrogens with zero attached hydrogens (tertiary/aromatic N) is 1. The van der Waals surface area contributed by atoms with Gasteiger partial charge in [-0.3, -0.25) is 9.59 Å². The van der Waals surface area contributed by atoms with E-state index in [1.165, 1.54) is 83.5 Å². The summed E-state index contributed by atoms with van der Waals surface area (Å²) in [6.07, 6.45) is 18.3. The van der Waals surface area contributed by atoms with Crippen molar-refractivity contribution in [2.75, 3.05) is 13.2 Å². The highest BCUT2D eigenvalue weighted by atomic mass is 16.6. The molecular weight excluding hydrogens is 711 g/mol. The van der Waals surface area contributed by atoms with Crippen molar-refractivity contribution in [3.8, 4) is 0 Å². The van der Waals surface area contributed by atoms with Crippen molar-refractivity contribution in [2.24, 2.45) is 5.92 Å². The lowest BCUT2D eigenvalue weighted by Crippen LogP contribution is -2.70. The Morgan fingerprint density at radius 2 is 1.23 bits per heavy atom. The minimum Gasteiger partial charge on any atom is -0.445 e. The third-order valence-corrected chi connectivity index (χ3v) is 11.0. The molecule has 11 nitrogen and oxygen atoms in total. The van der Waals surface area contributed by atoms with Crippen LogP contribution in [0.2, 0.25) is 0 Å². The van der Waals surface area contributed by atoms with Gasteiger partial charge in [-0.25, -0.2) is 4.79 Å². The minimum atomic E-state index is -1.54. The normalized spacial score (nSPS) is 20.1. The van der Waals surface area contributed by atoms with Crippen LogP contribution in [-0.4, -0.2) is 87.9 Å². The summed E-state index contributed by atoms with van der Waals surface area (Å²) in [5.74, 6) is -1.12. The summed E-state index contributed by atoms with van der Waals surface area (Å²) in [6.45, 7) is 7.81. The molecule has 1 aromatic rings. The average Bonchev–Trinajstić information content (AvgIpc) is 3.19. The minimum absolute atomic E-state index is 0.0280. The van der Waals surface area contributed by atoms with E-state index in [-0.39, 0.29) is 18.4 Å². The second kappa shape index (κ2) is 30.4. The summed E-state index contributed by atoms with van der Waals surface area (Å²) in [7, 11) is 0. The number of carbonyl (C=O) groups excluding carboxylic acids is 3. The smallest absolute Gasteiger partial charge is 0.408 e. The number of benzene rings is 1. The molecule has 1 heterocycles. The lowest BCUT2D eigenvalue weighted by molar-refractivity contribution is -0.231. The first-order valence-corrected chi connectivity index (χ1v) is 22.3. The van der Waals surface area contributed by atoms with Crippen molar-refractivity contribution in [3.63, 3.8) is 0 Å². The van der Waals surface area contributed by atoms with Gasteiger partial charge >= 0.3 is 6.09 Å². The largest absolute Gasteiger partial charge is 0.445 e. The SMILES string of the molecule is CCCCCCCCCCCCCCN(C(=O)CCCCCCCCCCC)[C@@H]1O[C@H](CO)[C@@H](O)[C@H](O)[C@H]1NC(=O)[C@@H](NC(=O)OCc1ccccc1)C(C)C. The van der Waals surface area contributed by atoms with E-state index < -0.39 is 55.2 Å². The van der Waals surface area contributed by atoms with Crippen LogP contribution in [0.3, 0.4) is 0 Å². The number of hydrogen-bond donors (Lipinski definition) is 5. The molecule has 11 heteroatoms. The van der Waals surface area contributed by atoms with Crippen LogP contribution in [0, 0.1) is 5.92 Å². The van der Waals surface area contributed by atoms with Crippen molar-refractivity contribution >= 4 is 17.9 Å². The van der Waals surface area contributed by atoms with Crippen LogP contribution in [0.15, 0.2) is 30.3 Å². The molecule has 0 aromatic heterocycles. The Kier molecular flexibility index (Phi) is 26.8. The summed E-state index contributed by atoms with van der Waals surface area (Å²) < 4.78 is 11.6. The molecule has 0 bridgehead atoms. The van der Waals surface area contributed by atoms with E-state index in [4.69, 9.17) is 9.47 Å². The maximum absolute atomic E-state index is 14.0. The Hall–Kier alpha value is -2.73. The molecule has 0 spiro atoms. The number of amides is 3. The molecule has 2 rings (SSSR count). The summed E-state index contributed by atoms with van der Waals surface area (Å²) in [5, 5.41) is 37.9. The third-order valence-electron chi connectivity index (χ3n) is 11.0. The van der Waals surface area contributed by atoms with Crippen LogP contribution < -0.4 is 10.6 Å². The average molecular weight is 790 g/mol. The van der Waals surface area contributed by atoms with Crippen molar-refractivity contribution in [1.82, 2.24) is 15.5 Å². The van der Waals surface area contributed by atoms with Gasteiger partial charge in [0.05, 0.1) is 6.61 Å². The Bertz CT molecular complexity index is 1170. The third kappa shape index (κ3) is 19.6. The molecular formula is C45H79N3O8. The van der Waals surface area contributed by atoms with Crippen molar-refractivity contribution in [1.29, 1.82) is 0 Å². The fourth-order valence-corrected chi connectivity index (χ4v) is 7.45. The van der Waals surface area contributed by atoms with Gasteiger partial charge in [-0.2, -0.15) is 0 Å². The number of hydrogen-bond acceptors (Lipinski definition) is 8. The summed E-state index contributed by atoms with van der Waals surface area (Å²) in [6, 6.07) is 6.95. The highest BCUT2D eigenvalue weighted by molar-refractivity contribution is 5.86. The molecule has 1 aliphatic rings. The topological polar surface area (TPSA) is 158 Å². The molecule has 0 saturated carbocycles. The summed E-state index contributed by atoms with van der Waals surface area (Å²) in [4.78, 5) is 42.3. The second-order valence-electron chi connectivity index (χ2n) is 16.2. The van der Waals surface area contributed by atoms with E-state index in [1.54, 1.807) is 18.7 Å². The quantitative estimate of drug-likeness (QED) is 0.0470. The molecule has 0 radical (unpaired) electrons. The molecule has 5 N–H and O–H groups in total. The van der Waals surface area contributed by atoms with Gasteiger partial charge < -0.3 is 40.3 Å². The number of ether oxygens (including phenoxy) is 2. The number of carbonyl (C=O) groups is 3. The van der Waals surface area contributed by atoms with Crippen LogP contribution >= 0.6 is 0 Å². The van der Waals surface area contributed by atoms with E-state index in [0.29, 0.717) is 25.8 Å². The Labute approximate surface area is 339 Å². The molecule has 0 aliphatic carbocycles. The molecule has 1 aliphatic heterocycles. The first-order chi connectivity index (χ1) is 27.1. The Morgan fingerprint density at radius 1 is 0.732 bits per heavy atom. The number of nitrogens with one attached hydrogen (secondary N) is 2. The van der Waals surface area contributed by atoms with Crippen LogP contribution in [0.4, 0.5) is 4.79 Å². The fourth-order valence-electron chi connectivity index (χ4n) is 7.45. The van der Waals surface area contributed by atoms with Crippen molar-refractivity contribution in [2.45, 2.75) is 212 Å². The monoisotopic (exact) mass is 790 g/mol. The molecule has 322 valence electrons. The van der Waals surface area contributed by atoms with Gasteiger partial charge in [0, 0.05) is 13.0 Å². The van der Waals surface area contributed by atoms with Crippen LogP contribution in [0.5, 0.6) is 0 Å². The van der Waals surface area contributed by atoms with Crippen LogP contribution in [-0.2, 0) is 25.7 Å². The fraction of sp³-hybridized carbons (Fsp3) is 0.800. The van der Waals surface area contributed by atoms with E-state index >= 15 is 0 Å². The van der Waals surface area contributed by atoms with Crippen LogP contribution in [0.25, 0.3) is 0 Å². The first-order valence-electron chi connectivity index (χ1n) is 22.3. The van der Waals surface area contributed by atoms with Gasteiger partial charge in [0.2, 0.25) is 11.8 Å². The highest BCUT2D eigenvalue weighted by Gasteiger charge is 2.48. The second-order valence-corrected chi connectivity index (χ2v) is 16.2. The molecule has 3 amide bonds. The predicted molar refractivity (Wildman–Crippen MR) is 223 cm³/mol. The Balaban J connectivity index is 2.12. The molecule has 1 saturated heterocycles. The predicted octanol–water partition coefficient (Wildman–Crippen LogP) is 8.31. The van der Waals surface area contributed by atoms with Crippen molar-refractivity contribution < 1.29 is 39.2 Å². The zero-order valence-electron chi connectivity index (χ0n) is 35.4. The lowest BCUT2D eigenvalue weighted by Gasteiger charge is -2.47. The van der Waals surface area contributed by atoms with Gasteiger partial charge in [-0.1, -0.05) is 180 Å². The van der Waals surface area contributed by atoms with Gasteiger partial charge in [0.1, 0.15) is 37.0 Å². The van der Waals surface area contributed by atoms with Gasteiger partial charge in [0.25, 0.3) is 0 Å². The lowest BCUT2D eigenvalue weighted by atomic mass is 9.93. The van der Waals surface area contributed by atoms with Gasteiger partial charge in [-0.15, -0.1) is 0 Å². The first kappa shape index (κ1) is 49.4. The number of aliphatic hydroxyl groups excluding tert-OH is 3. The Morgan fingerprint density at radius 3 is 1.73 bits per heavy atom. The van der Waals surface area contributed by atoms with E-state index in [0.717, 1.165) is 44.1 Å². The van der Waals surface area contributed by atoms with E-state index in [2.05, 4.69) is 24.5 Å². The summed E-state index contributed by atoms with van der Waals surface area (Å²) in [5.41, 5.74) is 0.797. The number of rotatable bonds is 31. The molecule has 56 heavy (non-hydrogen) atoms. The standard InChI is InChI=1S/C45H79N3O8/c1-5-7-9-11-13-15-16-17-19-21-23-28-32-48(38(50)31-27-22-20-18-14-12-10-8-6-2)44-40(42(52)41(51)37(33-49)56-44)46-43(53)39(35(3)4)47-45(54)55-34-36-29-25-24-26-30-36/h24-26,29-30,35,37,39-42,44,49,51-52H,5-23,27-28,31-34H2,1-4H3,(H,46,53)(H,47,54)/t37-,39+,40-,41-,42-,44-/m1/s1. The van der Waals surface area contributed by atoms with Gasteiger partial charge in [-0.05, 0) is 24.3 Å². The molecule has 0 unspecified atom stereocenters. The number of unbranched alkanes of at least 4 members (excludes halogenated alkanes) is 19. The van der Waals surface area contributed by atoms with E-state index in [1.807, 2.05) is 30.3 Å².